The van der Waals surface area contributed by atoms with E-state index in [4.69, 9.17) is 10.5 Å². The van der Waals surface area contributed by atoms with Crippen LogP contribution in [0.2, 0.25) is 0 Å². The molecular weight excluding hydrogens is 210 g/mol. The summed E-state index contributed by atoms with van der Waals surface area (Å²) in [5.41, 5.74) is 5.74. The highest BCUT2D eigenvalue weighted by atomic mass is 32.1. The third kappa shape index (κ3) is 2.02. The molecule has 0 bridgehead atoms. The Morgan fingerprint density at radius 2 is 2.40 bits per heavy atom. The van der Waals surface area contributed by atoms with E-state index in [2.05, 4.69) is 16.2 Å². The Labute approximate surface area is 94.2 Å². The lowest BCUT2D eigenvalue weighted by Gasteiger charge is -2.31. The predicted octanol–water partition coefficient (Wildman–Crippen LogP) is 1.97. The highest BCUT2D eigenvalue weighted by molar-refractivity contribution is 7.11. The molecule has 1 atom stereocenters. The standard InChI is InChI=1S/C10H17N3OS/c1-7-4-3-5-13(6-7)10-8(14-2)9(11)12-15-10/h7H,3-6H2,1-2H3,(H2,11,12). The summed E-state index contributed by atoms with van der Waals surface area (Å²) < 4.78 is 9.43. The van der Waals surface area contributed by atoms with Crippen molar-refractivity contribution in [3.8, 4) is 5.75 Å². The zero-order chi connectivity index (χ0) is 10.8. The van der Waals surface area contributed by atoms with E-state index in [1.54, 1.807) is 7.11 Å². The molecule has 4 nitrogen and oxygen atoms in total. The number of hydrogen-bond acceptors (Lipinski definition) is 5. The summed E-state index contributed by atoms with van der Waals surface area (Å²) in [6.07, 6.45) is 2.55. The first-order valence-electron chi connectivity index (χ1n) is 5.26. The average Bonchev–Trinajstić information content (AvgIpc) is 2.59. The van der Waals surface area contributed by atoms with Crippen LogP contribution in [-0.4, -0.2) is 24.6 Å². The maximum Gasteiger partial charge on any atom is 0.197 e. The number of nitrogens with two attached hydrogens (primary N) is 1. The van der Waals surface area contributed by atoms with Gasteiger partial charge in [-0.2, -0.15) is 4.37 Å². The molecule has 0 aliphatic carbocycles. The van der Waals surface area contributed by atoms with E-state index in [0.717, 1.165) is 29.8 Å². The molecule has 1 unspecified atom stereocenters. The molecule has 1 aliphatic rings. The number of ether oxygens (including phenoxy) is 1. The summed E-state index contributed by atoms with van der Waals surface area (Å²) in [6.45, 7) is 4.45. The Kier molecular flexibility index (Phi) is 3.00. The van der Waals surface area contributed by atoms with Crippen molar-refractivity contribution in [1.82, 2.24) is 4.37 Å². The van der Waals surface area contributed by atoms with Crippen molar-refractivity contribution < 1.29 is 4.74 Å². The molecule has 2 heterocycles. The van der Waals surface area contributed by atoms with Gasteiger partial charge in [-0.3, -0.25) is 0 Å². The van der Waals surface area contributed by atoms with Crippen LogP contribution >= 0.6 is 11.5 Å². The van der Waals surface area contributed by atoms with Crippen LogP contribution in [-0.2, 0) is 0 Å². The Morgan fingerprint density at radius 1 is 1.60 bits per heavy atom. The molecule has 5 heteroatoms. The molecule has 0 radical (unpaired) electrons. The van der Waals surface area contributed by atoms with Crippen molar-refractivity contribution >= 4 is 22.4 Å². The predicted molar refractivity (Wildman–Crippen MR) is 63.7 cm³/mol. The van der Waals surface area contributed by atoms with Gasteiger partial charge in [-0.25, -0.2) is 0 Å². The zero-order valence-electron chi connectivity index (χ0n) is 9.19. The lowest BCUT2D eigenvalue weighted by atomic mass is 10.0. The lowest BCUT2D eigenvalue weighted by Crippen LogP contribution is -2.33. The Balaban J connectivity index is 2.20. The fraction of sp³-hybridized carbons (Fsp3) is 0.700. The van der Waals surface area contributed by atoms with Gasteiger partial charge in [0.25, 0.3) is 0 Å². The van der Waals surface area contributed by atoms with Crippen molar-refractivity contribution in [2.24, 2.45) is 5.92 Å². The molecule has 1 saturated heterocycles. The molecule has 15 heavy (non-hydrogen) atoms. The van der Waals surface area contributed by atoms with Crippen LogP contribution < -0.4 is 15.4 Å². The van der Waals surface area contributed by atoms with Crippen LogP contribution in [0, 0.1) is 5.92 Å². The molecular formula is C10H17N3OS. The number of hydrogen-bond donors (Lipinski definition) is 1. The minimum atomic E-state index is 0.510. The third-order valence-electron chi connectivity index (χ3n) is 2.81. The van der Waals surface area contributed by atoms with Gasteiger partial charge in [-0.1, -0.05) is 6.92 Å². The fourth-order valence-electron chi connectivity index (χ4n) is 2.05. The van der Waals surface area contributed by atoms with Gasteiger partial charge in [0.2, 0.25) is 0 Å². The second kappa shape index (κ2) is 4.26. The van der Waals surface area contributed by atoms with Crippen molar-refractivity contribution in [2.45, 2.75) is 19.8 Å². The normalized spacial score (nSPS) is 21.7. The molecule has 0 amide bonds. The molecule has 2 N–H and O–H groups in total. The van der Waals surface area contributed by atoms with Gasteiger partial charge >= 0.3 is 0 Å². The molecule has 1 aliphatic heterocycles. The van der Waals surface area contributed by atoms with E-state index in [1.807, 2.05) is 0 Å². The molecule has 84 valence electrons. The van der Waals surface area contributed by atoms with Gasteiger partial charge in [-0.05, 0) is 30.3 Å². The molecule has 2 rings (SSSR count). The summed E-state index contributed by atoms with van der Waals surface area (Å²) in [5, 5.41) is 1.08. The SMILES string of the molecule is COc1c(N)nsc1N1CCCC(C)C1. The molecule has 1 aromatic heterocycles. The lowest BCUT2D eigenvalue weighted by molar-refractivity contribution is 0.409. The zero-order valence-corrected chi connectivity index (χ0v) is 10.0. The second-order valence-corrected chi connectivity index (χ2v) is 4.85. The first kappa shape index (κ1) is 10.5. The minimum Gasteiger partial charge on any atom is -0.490 e. The van der Waals surface area contributed by atoms with Crippen LogP contribution in [0.5, 0.6) is 5.75 Å². The van der Waals surface area contributed by atoms with Crippen molar-refractivity contribution in [1.29, 1.82) is 0 Å². The first-order valence-corrected chi connectivity index (χ1v) is 6.03. The maximum absolute atomic E-state index is 5.74. The number of nitrogen functional groups attached to an aromatic ring is 1. The van der Waals surface area contributed by atoms with Crippen LogP contribution in [0.3, 0.4) is 0 Å². The van der Waals surface area contributed by atoms with Crippen LogP contribution in [0.15, 0.2) is 0 Å². The van der Waals surface area contributed by atoms with Crippen LogP contribution in [0.1, 0.15) is 19.8 Å². The van der Waals surface area contributed by atoms with Crippen molar-refractivity contribution in [3.05, 3.63) is 0 Å². The van der Waals surface area contributed by atoms with Gasteiger partial charge < -0.3 is 15.4 Å². The monoisotopic (exact) mass is 227 g/mol. The smallest absolute Gasteiger partial charge is 0.197 e. The number of piperidine rings is 1. The number of anilines is 2. The molecule has 0 spiro atoms. The summed E-state index contributed by atoms with van der Waals surface area (Å²) in [6, 6.07) is 0. The Hall–Kier alpha value is -0.970. The minimum absolute atomic E-state index is 0.510. The summed E-state index contributed by atoms with van der Waals surface area (Å²) >= 11 is 1.44. The number of nitrogens with zero attached hydrogens (tertiary/aromatic N) is 2. The molecule has 1 aromatic rings. The summed E-state index contributed by atoms with van der Waals surface area (Å²) in [4.78, 5) is 2.33. The summed E-state index contributed by atoms with van der Waals surface area (Å²) in [5.74, 6) is 2.00. The van der Waals surface area contributed by atoms with E-state index in [1.165, 1.54) is 24.4 Å². The van der Waals surface area contributed by atoms with E-state index >= 15 is 0 Å². The van der Waals surface area contributed by atoms with Gasteiger partial charge in [0.1, 0.15) is 0 Å². The van der Waals surface area contributed by atoms with E-state index in [0.29, 0.717) is 5.82 Å². The number of methoxy groups -OCH3 is 1. The van der Waals surface area contributed by atoms with Gasteiger partial charge in [-0.15, -0.1) is 0 Å². The molecule has 0 saturated carbocycles. The van der Waals surface area contributed by atoms with Gasteiger partial charge in [0, 0.05) is 13.1 Å². The molecule has 0 aromatic carbocycles. The second-order valence-electron chi connectivity index (χ2n) is 4.10. The fourth-order valence-corrected chi connectivity index (χ4v) is 2.87. The van der Waals surface area contributed by atoms with E-state index in [9.17, 15) is 0 Å². The quantitative estimate of drug-likeness (QED) is 0.839. The average molecular weight is 227 g/mol. The van der Waals surface area contributed by atoms with Gasteiger partial charge in [0.15, 0.2) is 16.6 Å². The van der Waals surface area contributed by atoms with Crippen LogP contribution in [0.25, 0.3) is 0 Å². The van der Waals surface area contributed by atoms with Crippen molar-refractivity contribution in [2.75, 3.05) is 30.8 Å². The Bertz CT molecular complexity index is 339. The first-order chi connectivity index (χ1) is 7.22. The van der Waals surface area contributed by atoms with E-state index < -0.39 is 0 Å². The number of rotatable bonds is 2. The number of aromatic nitrogens is 1. The Morgan fingerprint density at radius 3 is 3.07 bits per heavy atom. The van der Waals surface area contributed by atoms with Gasteiger partial charge in [0.05, 0.1) is 7.11 Å². The highest BCUT2D eigenvalue weighted by Crippen LogP contribution is 2.39. The van der Waals surface area contributed by atoms with E-state index in [-0.39, 0.29) is 0 Å². The largest absolute Gasteiger partial charge is 0.490 e. The van der Waals surface area contributed by atoms with Crippen molar-refractivity contribution in [3.63, 3.8) is 0 Å². The third-order valence-corrected chi connectivity index (χ3v) is 3.71. The maximum atomic E-state index is 5.74. The molecule has 1 fully saturated rings. The highest BCUT2D eigenvalue weighted by Gasteiger charge is 2.23. The summed E-state index contributed by atoms with van der Waals surface area (Å²) in [7, 11) is 1.65. The van der Waals surface area contributed by atoms with Crippen LogP contribution in [0.4, 0.5) is 10.8 Å². The topological polar surface area (TPSA) is 51.4 Å².